The van der Waals surface area contributed by atoms with Crippen molar-refractivity contribution in [1.29, 1.82) is 0 Å². The molecule has 0 saturated carbocycles. The number of aliphatic hydroxyl groups excluding tert-OH is 1. The Morgan fingerprint density at radius 3 is 2.87 bits per heavy atom. The molecule has 0 bridgehead atoms. The minimum Gasteiger partial charge on any atom is -0.488 e. The fraction of sp³-hybridized carbons (Fsp3) is 0.304. The zero-order valence-corrected chi connectivity index (χ0v) is 17.2. The zero-order valence-electron chi connectivity index (χ0n) is 16.3. The second-order valence-electron chi connectivity index (χ2n) is 7.78. The maximum absolute atomic E-state index is 12.9. The van der Waals surface area contributed by atoms with Crippen molar-refractivity contribution in [3.63, 3.8) is 0 Å². The van der Waals surface area contributed by atoms with E-state index in [0.29, 0.717) is 30.0 Å². The Kier molecular flexibility index (Phi) is 4.92. The van der Waals surface area contributed by atoms with Gasteiger partial charge in [0.1, 0.15) is 18.0 Å². The van der Waals surface area contributed by atoms with Gasteiger partial charge in [-0.25, -0.2) is 0 Å². The molecule has 2 amide bonds. The fourth-order valence-electron chi connectivity index (χ4n) is 4.07. The second kappa shape index (κ2) is 7.74. The molecule has 1 saturated heterocycles. The van der Waals surface area contributed by atoms with E-state index in [-0.39, 0.29) is 18.4 Å². The monoisotopic (exact) mass is 422 g/mol. The van der Waals surface area contributed by atoms with Crippen LogP contribution in [0.4, 0.5) is 5.69 Å². The van der Waals surface area contributed by atoms with Crippen LogP contribution in [0.25, 0.3) is 10.1 Å². The SMILES string of the molecule is O=C1CCc2ccc(O[C@@H]3CCN(C(=O)c4cc5ccccc5s4)C[C@H]3O)cc2N1. The van der Waals surface area contributed by atoms with Crippen LogP contribution in [0.1, 0.15) is 28.1 Å². The number of aryl methyl sites for hydroxylation is 1. The molecule has 5 rings (SSSR count). The molecule has 0 spiro atoms. The van der Waals surface area contributed by atoms with Crippen molar-refractivity contribution < 1.29 is 19.4 Å². The molecule has 0 aliphatic carbocycles. The van der Waals surface area contributed by atoms with Crippen molar-refractivity contribution >= 4 is 38.9 Å². The van der Waals surface area contributed by atoms with Crippen molar-refractivity contribution in [2.45, 2.75) is 31.5 Å². The summed E-state index contributed by atoms with van der Waals surface area (Å²) < 4.78 is 7.10. The molecule has 2 aromatic carbocycles. The van der Waals surface area contributed by atoms with Crippen LogP contribution >= 0.6 is 11.3 Å². The summed E-state index contributed by atoms with van der Waals surface area (Å²) in [5.74, 6) is 0.571. The number of nitrogens with zero attached hydrogens (tertiary/aromatic N) is 1. The smallest absolute Gasteiger partial charge is 0.264 e. The molecule has 3 heterocycles. The number of hydrogen-bond acceptors (Lipinski definition) is 5. The van der Waals surface area contributed by atoms with Gasteiger partial charge in [0.15, 0.2) is 0 Å². The minimum atomic E-state index is -0.775. The molecule has 6 nitrogen and oxygen atoms in total. The predicted octanol–water partition coefficient (Wildman–Crippen LogP) is 3.44. The molecule has 1 aromatic heterocycles. The van der Waals surface area contributed by atoms with Gasteiger partial charge < -0.3 is 20.1 Å². The van der Waals surface area contributed by atoms with E-state index in [4.69, 9.17) is 4.74 Å². The summed E-state index contributed by atoms with van der Waals surface area (Å²) >= 11 is 1.48. The van der Waals surface area contributed by atoms with E-state index in [1.165, 1.54) is 11.3 Å². The number of hydrogen-bond donors (Lipinski definition) is 2. The molecule has 154 valence electrons. The Bertz CT molecular complexity index is 1090. The number of piperidine rings is 1. The number of benzene rings is 2. The molecule has 2 N–H and O–H groups in total. The molecule has 3 aromatic rings. The van der Waals surface area contributed by atoms with Gasteiger partial charge in [-0.05, 0) is 35.6 Å². The molecule has 0 unspecified atom stereocenters. The number of rotatable bonds is 3. The summed E-state index contributed by atoms with van der Waals surface area (Å²) in [6.07, 6.45) is 0.596. The molecule has 2 atom stereocenters. The molecule has 7 heteroatoms. The summed E-state index contributed by atoms with van der Waals surface area (Å²) in [6, 6.07) is 15.5. The van der Waals surface area contributed by atoms with E-state index in [2.05, 4.69) is 5.32 Å². The van der Waals surface area contributed by atoms with Gasteiger partial charge in [-0.15, -0.1) is 11.3 Å². The van der Waals surface area contributed by atoms with Gasteiger partial charge in [0.25, 0.3) is 5.91 Å². The molecule has 2 aliphatic rings. The van der Waals surface area contributed by atoms with Crippen molar-refractivity contribution in [1.82, 2.24) is 4.90 Å². The first-order valence-electron chi connectivity index (χ1n) is 10.1. The summed E-state index contributed by atoms with van der Waals surface area (Å²) in [5, 5.41) is 14.6. The van der Waals surface area contributed by atoms with E-state index in [0.717, 1.165) is 27.8 Å². The topological polar surface area (TPSA) is 78.9 Å². The number of nitrogens with one attached hydrogen (secondary N) is 1. The van der Waals surface area contributed by atoms with Crippen molar-refractivity contribution in [2.75, 3.05) is 18.4 Å². The molecular weight excluding hydrogens is 400 g/mol. The van der Waals surface area contributed by atoms with Crippen LogP contribution in [0.2, 0.25) is 0 Å². The van der Waals surface area contributed by atoms with Gasteiger partial charge in [0, 0.05) is 35.8 Å². The van der Waals surface area contributed by atoms with Crippen LogP contribution in [0.5, 0.6) is 5.75 Å². The first-order chi connectivity index (χ1) is 14.6. The Labute approximate surface area is 178 Å². The molecule has 1 fully saturated rings. The lowest BCUT2D eigenvalue weighted by atomic mass is 10.0. The highest BCUT2D eigenvalue weighted by Gasteiger charge is 2.32. The van der Waals surface area contributed by atoms with Gasteiger partial charge >= 0.3 is 0 Å². The average Bonchev–Trinajstić information content (AvgIpc) is 3.18. The highest BCUT2D eigenvalue weighted by molar-refractivity contribution is 7.20. The zero-order chi connectivity index (χ0) is 20.7. The van der Waals surface area contributed by atoms with Gasteiger partial charge in [-0.3, -0.25) is 9.59 Å². The quantitative estimate of drug-likeness (QED) is 0.678. The predicted molar refractivity (Wildman–Crippen MR) is 116 cm³/mol. The molecule has 2 aliphatic heterocycles. The van der Waals surface area contributed by atoms with Gasteiger partial charge in [0.2, 0.25) is 5.91 Å². The van der Waals surface area contributed by atoms with Crippen LogP contribution in [-0.4, -0.2) is 47.1 Å². The van der Waals surface area contributed by atoms with Gasteiger partial charge in [-0.2, -0.15) is 0 Å². The number of likely N-dealkylation sites (tertiary alicyclic amines) is 1. The summed E-state index contributed by atoms with van der Waals surface area (Å²) in [5.41, 5.74) is 1.86. The number of amides is 2. The lowest BCUT2D eigenvalue weighted by Crippen LogP contribution is -2.50. The van der Waals surface area contributed by atoms with E-state index in [1.807, 2.05) is 48.5 Å². The summed E-state index contributed by atoms with van der Waals surface area (Å²) in [6.45, 7) is 0.760. The lowest BCUT2D eigenvalue weighted by Gasteiger charge is -2.35. The second-order valence-corrected chi connectivity index (χ2v) is 8.86. The van der Waals surface area contributed by atoms with E-state index < -0.39 is 12.2 Å². The molecule has 30 heavy (non-hydrogen) atoms. The Hall–Kier alpha value is -2.90. The number of anilines is 1. The van der Waals surface area contributed by atoms with Crippen LogP contribution in [0.15, 0.2) is 48.5 Å². The van der Waals surface area contributed by atoms with Gasteiger partial charge in [0.05, 0.1) is 11.4 Å². The third-order valence-corrected chi connectivity index (χ3v) is 6.81. The normalized spacial score (nSPS) is 21.2. The van der Waals surface area contributed by atoms with Crippen LogP contribution in [0.3, 0.4) is 0 Å². The first-order valence-corrected chi connectivity index (χ1v) is 10.9. The minimum absolute atomic E-state index is 0.00717. The number of β-amino-alcohol motifs (C(OH)–C–C–N with tert-alkyl or cyclic N) is 1. The van der Waals surface area contributed by atoms with E-state index in [1.54, 1.807) is 4.90 Å². The largest absolute Gasteiger partial charge is 0.488 e. The number of thiophene rings is 1. The fourth-order valence-corrected chi connectivity index (χ4v) is 5.10. The molecular formula is C23H22N2O4S. The lowest BCUT2D eigenvalue weighted by molar-refractivity contribution is -0.116. The number of fused-ring (bicyclic) bond motifs is 2. The third kappa shape index (κ3) is 3.66. The standard InChI is InChI=1S/C23H22N2O4S/c26-18-13-25(23(28)21-11-15-3-1-2-4-20(15)30-21)10-9-19(18)29-16-7-5-14-6-8-22(27)24-17(14)12-16/h1-5,7,11-12,18-19,26H,6,8-10,13H2,(H,24,27)/t18-,19-/m1/s1. The van der Waals surface area contributed by atoms with Crippen molar-refractivity contribution in [2.24, 2.45) is 0 Å². The molecule has 0 radical (unpaired) electrons. The third-order valence-electron chi connectivity index (χ3n) is 5.71. The van der Waals surface area contributed by atoms with Crippen LogP contribution < -0.4 is 10.1 Å². The van der Waals surface area contributed by atoms with Crippen molar-refractivity contribution in [3.05, 3.63) is 59.0 Å². The maximum atomic E-state index is 12.9. The Morgan fingerprint density at radius 1 is 1.17 bits per heavy atom. The highest BCUT2D eigenvalue weighted by Crippen LogP contribution is 2.30. The van der Waals surface area contributed by atoms with Crippen LogP contribution in [-0.2, 0) is 11.2 Å². The van der Waals surface area contributed by atoms with E-state index in [9.17, 15) is 14.7 Å². The average molecular weight is 423 g/mol. The number of aliphatic hydroxyl groups is 1. The van der Waals surface area contributed by atoms with E-state index >= 15 is 0 Å². The van der Waals surface area contributed by atoms with Crippen molar-refractivity contribution in [3.8, 4) is 5.75 Å². The van der Waals surface area contributed by atoms with Gasteiger partial charge in [-0.1, -0.05) is 24.3 Å². The first kappa shape index (κ1) is 19.1. The highest BCUT2D eigenvalue weighted by atomic mass is 32.1. The van der Waals surface area contributed by atoms with Crippen LogP contribution in [0, 0.1) is 0 Å². The number of carbonyl (C=O) groups is 2. The Morgan fingerprint density at radius 2 is 2.03 bits per heavy atom. The summed E-state index contributed by atoms with van der Waals surface area (Å²) in [4.78, 5) is 26.9. The maximum Gasteiger partial charge on any atom is 0.264 e. The number of ether oxygens (including phenoxy) is 1. The Balaban J connectivity index is 1.25. The number of carbonyl (C=O) groups excluding carboxylic acids is 2. The summed E-state index contributed by atoms with van der Waals surface area (Å²) in [7, 11) is 0.